The van der Waals surface area contributed by atoms with Gasteiger partial charge in [0.05, 0.1) is 6.26 Å². The molecule has 1 N–H and O–H groups in total. The first-order valence-electron chi connectivity index (χ1n) is 8.11. The van der Waals surface area contributed by atoms with Crippen molar-refractivity contribution in [3.63, 3.8) is 0 Å². The van der Waals surface area contributed by atoms with E-state index >= 15 is 0 Å². The lowest BCUT2D eigenvalue weighted by Gasteiger charge is -2.07. The Hall–Kier alpha value is -2.95. The van der Waals surface area contributed by atoms with Crippen molar-refractivity contribution in [2.24, 2.45) is 0 Å². The minimum absolute atomic E-state index is 0.0793. The molecule has 0 unspecified atom stereocenters. The number of aromatic nitrogens is 1. The Kier molecular flexibility index (Phi) is 5.23. The normalized spacial score (nSPS) is 10.6. The molecule has 0 spiro atoms. The number of benzene rings is 1. The van der Waals surface area contributed by atoms with Gasteiger partial charge in [-0.25, -0.2) is 4.39 Å². The highest BCUT2D eigenvalue weighted by Gasteiger charge is 2.06. The highest BCUT2D eigenvalue weighted by atomic mass is 19.1. The van der Waals surface area contributed by atoms with Crippen molar-refractivity contribution >= 4 is 5.91 Å². The fourth-order valence-corrected chi connectivity index (χ4v) is 2.50. The second kappa shape index (κ2) is 7.75. The molecule has 0 radical (unpaired) electrons. The van der Waals surface area contributed by atoms with E-state index in [0.29, 0.717) is 24.9 Å². The molecule has 1 amide bonds. The van der Waals surface area contributed by atoms with Gasteiger partial charge in [0.25, 0.3) is 0 Å². The van der Waals surface area contributed by atoms with Gasteiger partial charge in [0.15, 0.2) is 0 Å². The summed E-state index contributed by atoms with van der Waals surface area (Å²) in [5.41, 5.74) is 3.19. The van der Waals surface area contributed by atoms with E-state index in [1.807, 2.05) is 24.3 Å². The summed E-state index contributed by atoms with van der Waals surface area (Å²) in [6.07, 6.45) is 5.86. The summed E-state index contributed by atoms with van der Waals surface area (Å²) in [7, 11) is 0. The second-order valence-electron chi connectivity index (χ2n) is 5.92. The largest absolute Gasteiger partial charge is 0.464 e. The SMILES string of the molecule is Cc1ccc(CCC(=O)NCc2cncc(-c3ccco3)c2)cc1F. The van der Waals surface area contributed by atoms with Crippen LogP contribution >= 0.6 is 0 Å². The van der Waals surface area contributed by atoms with E-state index in [2.05, 4.69) is 10.3 Å². The lowest BCUT2D eigenvalue weighted by atomic mass is 10.1. The molecule has 0 aliphatic carbocycles. The molecule has 1 aromatic carbocycles. The first kappa shape index (κ1) is 16.9. The molecule has 0 bridgehead atoms. The van der Waals surface area contributed by atoms with Crippen LogP contribution in [0.25, 0.3) is 11.3 Å². The van der Waals surface area contributed by atoms with Gasteiger partial charge in [-0.3, -0.25) is 9.78 Å². The van der Waals surface area contributed by atoms with Crippen molar-refractivity contribution in [2.75, 3.05) is 0 Å². The Morgan fingerprint density at radius 3 is 2.84 bits per heavy atom. The van der Waals surface area contributed by atoms with Gasteiger partial charge in [0.2, 0.25) is 5.91 Å². The maximum absolute atomic E-state index is 13.5. The predicted octanol–water partition coefficient (Wildman–Crippen LogP) is 4.04. The fourth-order valence-electron chi connectivity index (χ4n) is 2.50. The number of rotatable bonds is 6. The molecule has 2 heterocycles. The molecule has 0 saturated carbocycles. The summed E-state index contributed by atoms with van der Waals surface area (Å²) in [6.45, 7) is 2.11. The molecule has 0 aliphatic rings. The molecule has 2 aromatic heterocycles. The summed E-state index contributed by atoms with van der Waals surface area (Å²) < 4.78 is 18.9. The topological polar surface area (TPSA) is 55.1 Å². The van der Waals surface area contributed by atoms with E-state index in [1.54, 1.807) is 31.6 Å². The number of nitrogens with one attached hydrogen (secondary N) is 1. The van der Waals surface area contributed by atoms with Crippen LogP contribution in [0.2, 0.25) is 0 Å². The van der Waals surface area contributed by atoms with Crippen molar-refractivity contribution in [1.82, 2.24) is 10.3 Å². The Morgan fingerprint density at radius 2 is 2.08 bits per heavy atom. The number of amides is 1. The van der Waals surface area contributed by atoms with E-state index in [4.69, 9.17) is 4.42 Å². The third-order valence-corrected chi connectivity index (χ3v) is 3.97. The van der Waals surface area contributed by atoms with Gasteiger partial charge in [0.1, 0.15) is 11.6 Å². The van der Waals surface area contributed by atoms with Crippen molar-refractivity contribution < 1.29 is 13.6 Å². The molecular weight excluding hydrogens is 319 g/mol. The average Bonchev–Trinajstić information content (AvgIpc) is 3.16. The van der Waals surface area contributed by atoms with Crippen LogP contribution < -0.4 is 5.32 Å². The quantitative estimate of drug-likeness (QED) is 0.738. The summed E-state index contributed by atoms with van der Waals surface area (Å²) in [5.74, 6) is 0.421. The van der Waals surface area contributed by atoms with Gasteiger partial charge < -0.3 is 9.73 Å². The summed E-state index contributed by atoms with van der Waals surface area (Å²) >= 11 is 0. The van der Waals surface area contributed by atoms with Gasteiger partial charge in [-0.15, -0.1) is 0 Å². The minimum atomic E-state index is -0.237. The number of aryl methyl sites for hydroxylation is 2. The number of hydrogen-bond acceptors (Lipinski definition) is 3. The monoisotopic (exact) mass is 338 g/mol. The van der Waals surface area contributed by atoms with Crippen LogP contribution in [-0.2, 0) is 17.8 Å². The smallest absolute Gasteiger partial charge is 0.220 e. The Labute approximate surface area is 145 Å². The van der Waals surface area contributed by atoms with Gasteiger partial charge in [0, 0.05) is 30.9 Å². The zero-order valence-electron chi connectivity index (χ0n) is 14.0. The Balaban J connectivity index is 1.52. The molecule has 3 rings (SSSR count). The number of pyridine rings is 1. The van der Waals surface area contributed by atoms with E-state index in [1.165, 1.54) is 6.07 Å². The molecule has 0 fully saturated rings. The zero-order chi connectivity index (χ0) is 17.6. The molecule has 4 nitrogen and oxygen atoms in total. The van der Waals surface area contributed by atoms with Crippen LogP contribution in [0.5, 0.6) is 0 Å². The molecule has 128 valence electrons. The second-order valence-corrected chi connectivity index (χ2v) is 5.92. The number of halogens is 1. The molecule has 5 heteroatoms. The van der Waals surface area contributed by atoms with E-state index in [9.17, 15) is 9.18 Å². The molecular formula is C20H19FN2O2. The van der Waals surface area contributed by atoms with Crippen LogP contribution in [0.4, 0.5) is 4.39 Å². The van der Waals surface area contributed by atoms with Gasteiger partial charge in [-0.05, 0) is 54.3 Å². The molecule has 0 aliphatic heterocycles. The maximum atomic E-state index is 13.5. The predicted molar refractivity (Wildman–Crippen MR) is 93.2 cm³/mol. The highest BCUT2D eigenvalue weighted by molar-refractivity contribution is 5.76. The lowest BCUT2D eigenvalue weighted by Crippen LogP contribution is -2.23. The van der Waals surface area contributed by atoms with E-state index < -0.39 is 0 Å². The number of carbonyl (C=O) groups excluding carboxylic acids is 1. The van der Waals surface area contributed by atoms with Crippen LogP contribution in [0.3, 0.4) is 0 Å². The fraction of sp³-hybridized carbons (Fsp3) is 0.200. The molecule has 25 heavy (non-hydrogen) atoms. The standard InChI is InChI=1S/C20H19FN2O2/c1-14-4-5-15(10-18(14)21)6-7-20(24)23-12-16-9-17(13-22-11-16)19-3-2-8-25-19/h2-5,8-11,13H,6-7,12H2,1H3,(H,23,24). The first-order valence-corrected chi connectivity index (χ1v) is 8.11. The van der Waals surface area contributed by atoms with Crippen LogP contribution in [0.1, 0.15) is 23.1 Å². The van der Waals surface area contributed by atoms with E-state index in [0.717, 1.165) is 22.5 Å². The third kappa shape index (κ3) is 4.53. The van der Waals surface area contributed by atoms with Crippen molar-refractivity contribution in [1.29, 1.82) is 0 Å². The van der Waals surface area contributed by atoms with Gasteiger partial charge in [-0.2, -0.15) is 0 Å². The van der Waals surface area contributed by atoms with Gasteiger partial charge in [-0.1, -0.05) is 12.1 Å². The zero-order valence-corrected chi connectivity index (χ0v) is 14.0. The Morgan fingerprint density at radius 1 is 1.20 bits per heavy atom. The lowest BCUT2D eigenvalue weighted by molar-refractivity contribution is -0.121. The first-order chi connectivity index (χ1) is 12.1. The molecule has 3 aromatic rings. The number of carbonyl (C=O) groups is 1. The Bertz CT molecular complexity index is 860. The van der Waals surface area contributed by atoms with Gasteiger partial charge >= 0.3 is 0 Å². The van der Waals surface area contributed by atoms with Crippen LogP contribution in [-0.4, -0.2) is 10.9 Å². The number of nitrogens with zero attached hydrogens (tertiary/aromatic N) is 1. The van der Waals surface area contributed by atoms with Crippen molar-refractivity contribution in [2.45, 2.75) is 26.3 Å². The summed E-state index contributed by atoms with van der Waals surface area (Å²) in [5, 5.41) is 2.86. The molecule has 0 atom stereocenters. The number of furan rings is 1. The van der Waals surface area contributed by atoms with Crippen LogP contribution in [0, 0.1) is 12.7 Å². The summed E-state index contributed by atoms with van der Waals surface area (Å²) in [4.78, 5) is 16.2. The van der Waals surface area contributed by atoms with E-state index in [-0.39, 0.29) is 11.7 Å². The van der Waals surface area contributed by atoms with Crippen LogP contribution in [0.15, 0.2) is 59.5 Å². The maximum Gasteiger partial charge on any atom is 0.220 e. The summed E-state index contributed by atoms with van der Waals surface area (Å²) in [6, 6.07) is 10.7. The highest BCUT2D eigenvalue weighted by Crippen LogP contribution is 2.19. The van der Waals surface area contributed by atoms with Crippen molar-refractivity contribution in [3.8, 4) is 11.3 Å². The molecule has 0 saturated heterocycles. The van der Waals surface area contributed by atoms with Crippen molar-refractivity contribution in [3.05, 3.63) is 77.6 Å². The third-order valence-electron chi connectivity index (χ3n) is 3.97. The number of hydrogen-bond donors (Lipinski definition) is 1. The average molecular weight is 338 g/mol. The minimum Gasteiger partial charge on any atom is -0.464 e.